The number of hydrogen-bond donors (Lipinski definition) is 1. The Morgan fingerprint density at radius 3 is 2.73 bits per heavy atom. The van der Waals surface area contributed by atoms with Gasteiger partial charge < -0.3 is 10.5 Å². The molecule has 0 atom stereocenters. The van der Waals surface area contributed by atoms with Gasteiger partial charge in [0.2, 0.25) is 5.91 Å². The van der Waals surface area contributed by atoms with Crippen LogP contribution < -0.4 is 16.0 Å². The summed E-state index contributed by atoms with van der Waals surface area (Å²) < 4.78 is 6.91. The molecule has 22 heavy (non-hydrogen) atoms. The maximum absolute atomic E-state index is 12.2. The number of rotatable bonds is 7. The predicted octanol–water partition coefficient (Wildman–Crippen LogP) is 2.56. The van der Waals surface area contributed by atoms with E-state index in [-0.39, 0.29) is 11.5 Å². The number of carbonyl (C=O) groups is 1. The molecule has 5 nitrogen and oxygen atoms in total. The first kappa shape index (κ1) is 16.2. The zero-order valence-electron chi connectivity index (χ0n) is 12.9. The topological polar surface area (TPSA) is 74.3 Å². The van der Waals surface area contributed by atoms with Gasteiger partial charge in [-0.2, -0.15) is 0 Å². The minimum atomic E-state index is -0.300. The minimum absolute atomic E-state index is 0.182. The normalized spacial score (nSPS) is 10.8. The monoisotopic (exact) mass is 302 g/mol. The molecule has 0 amide bonds. The van der Waals surface area contributed by atoms with Crippen molar-refractivity contribution in [3.05, 3.63) is 40.7 Å². The van der Waals surface area contributed by atoms with Gasteiger partial charge in [-0.15, -0.1) is 0 Å². The first-order valence-electron chi connectivity index (χ1n) is 7.69. The predicted molar refractivity (Wildman–Crippen MR) is 87.5 cm³/mol. The highest BCUT2D eigenvalue weighted by molar-refractivity contribution is 5.91. The molecule has 0 saturated carbocycles. The van der Waals surface area contributed by atoms with Crippen LogP contribution in [-0.4, -0.2) is 23.6 Å². The summed E-state index contributed by atoms with van der Waals surface area (Å²) in [7, 11) is 0. The van der Waals surface area contributed by atoms with E-state index in [0.29, 0.717) is 37.3 Å². The van der Waals surface area contributed by atoms with E-state index in [2.05, 4.69) is 0 Å². The third-order valence-corrected chi connectivity index (χ3v) is 3.45. The van der Waals surface area contributed by atoms with Gasteiger partial charge in [-0.25, -0.2) is 4.57 Å². The minimum Gasteiger partial charge on any atom is -0.494 e. The highest BCUT2D eigenvalue weighted by Gasteiger charge is 2.11. The molecule has 2 rings (SSSR count). The van der Waals surface area contributed by atoms with Crippen molar-refractivity contribution in [2.24, 2.45) is 5.73 Å². The molecule has 0 bridgehead atoms. The lowest BCUT2D eigenvalue weighted by molar-refractivity contribution is 0.0903. The van der Waals surface area contributed by atoms with Crippen molar-refractivity contribution in [2.45, 2.75) is 32.6 Å². The fourth-order valence-corrected chi connectivity index (χ4v) is 2.32. The molecule has 5 heteroatoms. The van der Waals surface area contributed by atoms with Gasteiger partial charge in [0.1, 0.15) is 5.75 Å². The Labute approximate surface area is 129 Å². The lowest BCUT2D eigenvalue weighted by Gasteiger charge is -2.11. The summed E-state index contributed by atoms with van der Waals surface area (Å²) >= 11 is 0. The molecule has 0 radical (unpaired) electrons. The van der Waals surface area contributed by atoms with E-state index in [0.717, 1.165) is 18.2 Å². The molecule has 0 aliphatic carbocycles. The summed E-state index contributed by atoms with van der Waals surface area (Å²) in [6.07, 6.45) is 2.84. The lowest BCUT2D eigenvalue weighted by atomic mass is 10.2. The number of carbonyl (C=O) groups excluding carboxylic acids is 1. The molecule has 1 aromatic carbocycles. The summed E-state index contributed by atoms with van der Waals surface area (Å²) in [4.78, 5) is 24.2. The van der Waals surface area contributed by atoms with Gasteiger partial charge in [-0.3, -0.25) is 9.59 Å². The van der Waals surface area contributed by atoms with Gasteiger partial charge in [0.15, 0.2) is 0 Å². The van der Waals surface area contributed by atoms with Crippen molar-refractivity contribution in [1.82, 2.24) is 4.57 Å². The molecule has 0 saturated heterocycles. The van der Waals surface area contributed by atoms with E-state index < -0.39 is 0 Å². The van der Waals surface area contributed by atoms with Gasteiger partial charge in [-0.1, -0.05) is 6.92 Å². The van der Waals surface area contributed by atoms with Crippen molar-refractivity contribution in [2.75, 3.05) is 13.2 Å². The van der Waals surface area contributed by atoms with Crippen LogP contribution in [0.25, 0.3) is 10.9 Å². The Bertz CT molecular complexity index is 707. The number of ether oxygens (including phenoxy) is 1. The van der Waals surface area contributed by atoms with Crippen molar-refractivity contribution in [1.29, 1.82) is 0 Å². The third kappa shape index (κ3) is 3.74. The van der Waals surface area contributed by atoms with Gasteiger partial charge in [0.05, 0.1) is 12.1 Å². The SMILES string of the molecule is CCCC(=O)n1c(=O)ccc2ccc(OCCCCN)cc21. The first-order valence-corrected chi connectivity index (χ1v) is 7.69. The number of benzene rings is 1. The zero-order chi connectivity index (χ0) is 15.9. The number of fused-ring (bicyclic) bond motifs is 1. The van der Waals surface area contributed by atoms with E-state index in [1.165, 1.54) is 10.6 Å². The highest BCUT2D eigenvalue weighted by Crippen LogP contribution is 2.20. The maximum Gasteiger partial charge on any atom is 0.257 e. The number of pyridine rings is 1. The van der Waals surface area contributed by atoms with E-state index in [4.69, 9.17) is 10.5 Å². The molecule has 1 heterocycles. The summed E-state index contributed by atoms with van der Waals surface area (Å²) in [6, 6.07) is 8.63. The van der Waals surface area contributed by atoms with Crippen molar-refractivity contribution < 1.29 is 9.53 Å². The Morgan fingerprint density at radius 1 is 1.23 bits per heavy atom. The number of aromatic nitrogens is 1. The van der Waals surface area contributed by atoms with E-state index in [9.17, 15) is 9.59 Å². The summed E-state index contributed by atoms with van der Waals surface area (Å²) in [5.74, 6) is 0.478. The van der Waals surface area contributed by atoms with Gasteiger partial charge in [0, 0.05) is 18.6 Å². The van der Waals surface area contributed by atoms with E-state index in [1.807, 2.05) is 19.1 Å². The van der Waals surface area contributed by atoms with Crippen LogP contribution in [0.2, 0.25) is 0 Å². The quantitative estimate of drug-likeness (QED) is 0.798. The molecule has 118 valence electrons. The average Bonchev–Trinajstić information content (AvgIpc) is 2.51. The fourth-order valence-electron chi connectivity index (χ4n) is 2.32. The van der Waals surface area contributed by atoms with Crippen LogP contribution in [0.1, 0.15) is 37.4 Å². The molecular weight excluding hydrogens is 280 g/mol. The number of hydrogen-bond acceptors (Lipinski definition) is 4. The van der Waals surface area contributed by atoms with Crippen LogP contribution in [0.3, 0.4) is 0 Å². The van der Waals surface area contributed by atoms with Gasteiger partial charge >= 0.3 is 0 Å². The third-order valence-electron chi connectivity index (χ3n) is 3.45. The van der Waals surface area contributed by atoms with Crippen LogP contribution in [-0.2, 0) is 0 Å². The van der Waals surface area contributed by atoms with E-state index in [1.54, 1.807) is 12.1 Å². The lowest BCUT2D eigenvalue weighted by Crippen LogP contribution is -2.26. The molecule has 0 aliphatic heterocycles. The Balaban J connectivity index is 2.34. The van der Waals surface area contributed by atoms with Crippen LogP contribution in [0.5, 0.6) is 5.75 Å². The van der Waals surface area contributed by atoms with Gasteiger partial charge in [-0.05, 0) is 49.4 Å². The molecule has 0 unspecified atom stereocenters. The summed E-state index contributed by atoms with van der Waals surface area (Å²) in [5, 5.41) is 0.846. The zero-order valence-corrected chi connectivity index (χ0v) is 12.9. The Kier molecular flexibility index (Phi) is 5.72. The van der Waals surface area contributed by atoms with E-state index >= 15 is 0 Å². The first-order chi connectivity index (χ1) is 10.7. The van der Waals surface area contributed by atoms with Crippen LogP contribution >= 0.6 is 0 Å². The summed E-state index contributed by atoms with van der Waals surface area (Å²) in [5.41, 5.74) is 5.75. The molecule has 2 N–H and O–H groups in total. The molecule has 0 fully saturated rings. The maximum atomic E-state index is 12.2. The second kappa shape index (κ2) is 7.75. The molecule has 0 spiro atoms. The van der Waals surface area contributed by atoms with Crippen molar-refractivity contribution in [3.63, 3.8) is 0 Å². The molecule has 1 aromatic heterocycles. The van der Waals surface area contributed by atoms with Crippen molar-refractivity contribution >= 4 is 16.8 Å². The molecule has 0 aliphatic rings. The van der Waals surface area contributed by atoms with Crippen LogP contribution in [0.4, 0.5) is 0 Å². The Hall–Kier alpha value is -2.14. The summed E-state index contributed by atoms with van der Waals surface area (Å²) in [6.45, 7) is 3.13. The number of unbranched alkanes of at least 4 members (excludes halogenated alkanes) is 1. The highest BCUT2D eigenvalue weighted by atomic mass is 16.5. The largest absolute Gasteiger partial charge is 0.494 e. The number of nitrogens with two attached hydrogens (primary N) is 1. The number of nitrogens with zero attached hydrogens (tertiary/aromatic N) is 1. The van der Waals surface area contributed by atoms with Crippen molar-refractivity contribution in [3.8, 4) is 5.75 Å². The molecular formula is C17H22N2O3. The molecule has 2 aromatic rings. The second-order valence-corrected chi connectivity index (χ2v) is 5.22. The standard InChI is InChI=1S/C17H22N2O3/c1-2-5-16(20)19-15-12-14(22-11-4-3-10-18)8-6-13(15)7-9-17(19)21/h6-9,12H,2-5,10-11,18H2,1H3. The van der Waals surface area contributed by atoms with Crippen LogP contribution in [0, 0.1) is 0 Å². The fraction of sp³-hybridized carbons (Fsp3) is 0.412. The Morgan fingerprint density at radius 2 is 2.00 bits per heavy atom. The second-order valence-electron chi connectivity index (χ2n) is 5.22. The van der Waals surface area contributed by atoms with Crippen LogP contribution in [0.15, 0.2) is 35.1 Å². The smallest absolute Gasteiger partial charge is 0.257 e. The van der Waals surface area contributed by atoms with Gasteiger partial charge in [0.25, 0.3) is 5.56 Å². The average molecular weight is 302 g/mol.